The van der Waals surface area contributed by atoms with E-state index in [1.807, 2.05) is 0 Å². The van der Waals surface area contributed by atoms with Crippen molar-refractivity contribution in [2.75, 3.05) is 12.4 Å². The number of aliphatic hydroxyl groups is 1. The third-order valence-electron chi connectivity index (χ3n) is 9.55. The summed E-state index contributed by atoms with van der Waals surface area (Å²) in [5.74, 6) is -1.38. The Morgan fingerprint density at radius 3 is 2.53 bits per heavy atom. The molecule has 0 aromatic carbocycles. The second-order valence-corrected chi connectivity index (χ2v) is 13.0. The van der Waals surface area contributed by atoms with Gasteiger partial charge in [-0.2, -0.15) is 0 Å². The van der Waals surface area contributed by atoms with Gasteiger partial charge in [0, 0.05) is 29.4 Å². The summed E-state index contributed by atoms with van der Waals surface area (Å²) in [6, 6.07) is 0. The summed E-state index contributed by atoms with van der Waals surface area (Å²) in [5.41, 5.74) is -1.88. The van der Waals surface area contributed by atoms with Crippen LogP contribution in [0.5, 0.6) is 0 Å². The molecular formula is C23H29O10S-. The van der Waals surface area contributed by atoms with Crippen molar-refractivity contribution in [2.24, 2.45) is 40.4 Å². The van der Waals surface area contributed by atoms with Crippen molar-refractivity contribution < 1.29 is 46.7 Å². The Bertz CT molecular complexity index is 1020. The molecule has 1 N–H and O–H groups in total. The number of ketones is 1. The first-order valence-electron chi connectivity index (χ1n) is 12.2. The van der Waals surface area contributed by atoms with Crippen LogP contribution in [0.4, 0.5) is 0 Å². The predicted octanol–water partition coefficient (Wildman–Crippen LogP) is 0.516. The Hall–Kier alpha value is -1.56. The maximum Gasteiger partial charge on any atom is 0.318 e. The van der Waals surface area contributed by atoms with Gasteiger partial charge in [0.15, 0.2) is 6.29 Å². The van der Waals surface area contributed by atoms with Crippen molar-refractivity contribution in [3.05, 3.63) is 0 Å². The molecule has 7 rings (SSSR count). The number of ether oxygens (including phenoxy) is 3. The zero-order chi connectivity index (χ0) is 24.0. The van der Waals surface area contributed by atoms with Crippen LogP contribution in [-0.4, -0.2) is 66.7 Å². The van der Waals surface area contributed by atoms with Gasteiger partial charge in [-0.1, -0.05) is 0 Å². The molecule has 8 atom stereocenters. The summed E-state index contributed by atoms with van der Waals surface area (Å²) in [6.45, 7) is -0.178. The Labute approximate surface area is 197 Å². The van der Waals surface area contributed by atoms with Crippen LogP contribution in [0.1, 0.15) is 51.4 Å². The van der Waals surface area contributed by atoms with Crippen LogP contribution in [0, 0.1) is 40.4 Å². The fourth-order valence-corrected chi connectivity index (χ4v) is 8.84. The van der Waals surface area contributed by atoms with Gasteiger partial charge in [0.1, 0.15) is 23.4 Å². The van der Waals surface area contributed by atoms with E-state index in [1.165, 1.54) is 0 Å². The van der Waals surface area contributed by atoms with E-state index in [-0.39, 0.29) is 49.1 Å². The van der Waals surface area contributed by atoms with Crippen molar-refractivity contribution in [3.63, 3.8) is 0 Å². The molecule has 0 aromatic heterocycles. The van der Waals surface area contributed by atoms with Crippen molar-refractivity contribution in [3.8, 4) is 0 Å². The average molecular weight is 498 g/mol. The van der Waals surface area contributed by atoms with Gasteiger partial charge >= 0.3 is 11.9 Å². The molecule has 0 radical (unpaired) electrons. The number of carbonyl (C=O) groups is 3. The number of carbonyl (C=O) groups excluding carboxylic acids is 3. The van der Waals surface area contributed by atoms with Gasteiger partial charge in [-0.3, -0.25) is 14.4 Å². The summed E-state index contributed by atoms with van der Waals surface area (Å²) < 4.78 is 49.3. The Balaban J connectivity index is 1.12. The molecule has 10 nitrogen and oxygen atoms in total. The normalized spacial score (nSPS) is 46.7. The van der Waals surface area contributed by atoms with Gasteiger partial charge < -0.3 is 23.9 Å². The lowest BCUT2D eigenvalue weighted by Crippen LogP contribution is -2.56. The molecule has 1 heterocycles. The lowest BCUT2D eigenvalue weighted by Gasteiger charge is -2.54. The van der Waals surface area contributed by atoms with Gasteiger partial charge in [0.2, 0.25) is 0 Å². The minimum Gasteiger partial charge on any atom is -0.748 e. The van der Waals surface area contributed by atoms with Gasteiger partial charge in [0.05, 0.1) is 22.1 Å². The van der Waals surface area contributed by atoms with Crippen LogP contribution < -0.4 is 0 Å². The number of esters is 2. The van der Waals surface area contributed by atoms with E-state index in [9.17, 15) is 32.5 Å². The molecule has 0 amide bonds. The van der Waals surface area contributed by atoms with Crippen LogP contribution in [0.15, 0.2) is 0 Å². The number of rotatable bonds is 8. The van der Waals surface area contributed by atoms with Gasteiger partial charge in [-0.05, 0) is 57.3 Å². The average Bonchev–Trinajstić information content (AvgIpc) is 3.36. The Kier molecular flexibility index (Phi) is 5.03. The first-order valence-corrected chi connectivity index (χ1v) is 13.8. The van der Waals surface area contributed by atoms with Gasteiger partial charge in [-0.25, -0.2) is 8.42 Å². The van der Waals surface area contributed by atoms with Gasteiger partial charge in [-0.15, -0.1) is 0 Å². The van der Waals surface area contributed by atoms with Crippen LogP contribution in [0.2, 0.25) is 0 Å². The molecule has 34 heavy (non-hydrogen) atoms. The number of Topliss-reactive ketones (excluding diaryl/α,β-unsaturated/α-hetero) is 1. The molecule has 1 saturated heterocycles. The van der Waals surface area contributed by atoms with Gasteiger partial charge in [0.25, 0.3) is 0 Å². The highest BCUT2D eigenvalue weighted by molar-refractivity contribution is 7.85. The highest BCUT2D eigenvalue weighted by Crippen LogP contribution is 2.65. The first-order chi connectivity index (χ1) is 16.0. The Morgan fingerprint density at radius 1 is 1.15 bits per heavy atom. The lowest BCUT2D eigenvalue weighted by atomic mass is 9.49. The molecule has 1 aliphatic heterocycles. The highest BCUT2D eigenvalue weighted by atomic mass is 32.2. The third-order valence-corrected chi connectivity index (χ3v) is 10.3. The summed E-state index contributed by atoms with van der Waals surface area (Å²) in [7, 11) is -4.38. The molecule has 0 aromatic rings. The van der Waals surface area contributed by atoms with Crippen LogP contribution in [0.25, 0.3) is 0 Å². The monoisotopic (exact) mass is 497 g/mol. The van der Waals surface area contributed by atoms with Crippen molar-refractivity contribution >= 4 is 27.8 Å². The maximum absolute atomic E-state index is 13.4. The minimum atomic E-state index is -4.38. The maximum atomic E-state index is 13.4. The van der Waals surface area contributed by atoms with E-state index in [4.69, 9.17) is 14.2 Å². The standard InChI is InChI=1S/C23H30O10S/c24-16-12-4-11-5-13(16)9-22(7-11,8-12)19(25)32-17-14-6-15-18(17)33-21(27)23(15,10-14)20(26)31-2-1-3-34(28,29)30/h11-15,17-18,20,26H,1-10H2,(H,28,29,30)/p-1. The second kappa shape index (κ2) is 7.47. The van der Waals surface area contributed by atoms with Crippen molar-refractivity contribution in [2.45, 2.75) is 69.9 Å². The molecule has 6 bridgehead atoms. The predicted molar refractivity (Wildman–Crippen MR) is 111 cm³/mol. The smallest absolute Gasteiger partial charge is 0.318 e. The fraction of sp³-hybridized carbons (Fsp3) is 0.870. The van der Waals surface area contributed by atoms with E-state index >= 15 is 0 Å². The zero-order valence-corrected chi connectivity index (χ0v) is 19.5. The summed E-state index contributed by atoms with van der Waals surface area (Å²) in [4.78, 5) is 38.8. The minimum absolute atomic E-state index is 0.0420. The van der Waals surface area contributed by atoms with Crippen LogP contribution in [0.3, 0.4) is 0 Å². The quantitative estimate of drug-likeness (QED) is 0.217. The Morgan fingerprint density at radius 2 is 1.85 bits per heavy atom. The molecule has 7 fully saturated rings. The van der Waals surface area contributed by atoms with E-state index in [0.29, 0.717) is 31.0 Å². The number of hydrogen-bond acceptors (Lipinski definition) is 10. The third kappa shape index (κ3) is 3.23. The molecule has 6 aliphatic carbocycles. The molecule has 8 unspecified atom stereocenters. The molecule has 0 spiro atoms. The van der Waals surface area contributed by atoms with Crippen molar-refractivity contribution in [1.82, 2.24) is 0 Å². The molecule has 188 valence electrons. The van der Waals surface area contributed by atoms with E-state index in [2.05, 4.69) is 0 Å². The molecule has 11 heteroatoms. The molecule has 6 saturated carbocycles. The van der Waals surface area contributed by atoms with E-state index < -0.39 is 51.2 Å². The summed E-state index contributed by atoms with van der Waals surface area (Å²) in [5, 5.41) is 10.7. The topological polar surface area (TPSA) is 156 Å². The van der Waals surface area contributed by atoms with Crippen molar-refractivity contribution in [1.29, 1.82) is 0 Å². The molecular weight excluding hydrogens is 468 g/mol. The lowest BCUT2D eigenvalue weighted by molar-refractivity contribution is -0.195. The van der Waals surface area contributed by atoms with Crippen LogP contribution in [-0.2, 0) is 38.7 Å². The number of hydrogen-bond donors (Lipinski definition) is 1. The zero-order valence-electron chi connectivity index (χ0n) is 18.7. The van der Waals surface area contributed by atoms with Crippen LogP contribution >= 0.6 is 0 Å². The molecule has 7 aliphatic rings. The van der Waals surface area contributed by atoms with E-state index in [1.54, 1.807) is 0 Å². The summed E-state index contributed by atoms with van der Waals surface area (Å²) >= 11 is 0. The van der Waals surface area contributed by atoms with E-state index in [0.717, 1.165) is 19.3 Å². The fourth-order valence-electron chi connectivity index (χ4n) is 8.37. The summed E-state index contributed by atoms with van der Waals surface area (Å²) in [6.07, 6.45) is 1.64. The first kappa shape index (κ1) is 22.9. The largest absolute Gasteiger partial charge is 0.748 e. The highest BCUT2D eigenvalue weighted by Gasteiger charge is 2.74. The number of fused-ring (bicyclic) bond motifs is 1. The SMILES string of the molecule is O=C1C2CC3CC1CC(C(=O)OC1C4CC5C1OC(=O)C5(C(O)OCCCS(=O)(=O)[O-])C4)(C3)C2. The second-order valence-electron chi connectivity index (χ2n) is 11.5. The number of aliphatic hydroxyl groups excluding tert-OH is 1.